The number of benzene rings is 2. The molecular weight excluding hydrogens is 538 g/mol. The molecule has 4 rings (SSSR count). The Labute approximate surface area is 236 Å². The lowest BCUT2D eigenvalue weighted by Gasteiger charge is -2.24. The van der Waals surface area contributed by atoms with Crippen molar-refractivity contribution in [3.05, 3.63) is 58.6 Å². The highest BCUT2D eigenvalue weighted by Crippen LogP contribution is 2.33. The Morgan fingerprint density at radius 1 is 1.10 bits per heavy atom. The predicted octanol–water partition coefficient (Wildman–Crippen LogP) is 6.57. The number of thioether (sulfide) groups is 1. The van der Waals surface area contributed by atoms with Crippen LogP contribution in [0.3, 0.4) is 0 Å². The number of hydrogen-bond acceptors (Lipinski definition) is 9. The predicted molar refractivity (Wildman–Crippen MR) is 152 cm³/mol. The second-order valence-electron chi connectivity index (χ2n) is 10.0. The first-order valence-electron chi connectivity index (χ1n) is 12.4. The highest BCUT2D eigenvalue weighted by Gasteiger charge is 2.31. The van der Waals surface area contributed by atoms with Crippen LogP contribution in [0.4, 0.5) is 9.93 Å². The minimum atomic E-state index is -0.570. The molecular formula is C28H33N3O6S2. The van der Waals surface area contributed by atoms with Gasteiger partial charge in [0.15, 0.2) is 5.13 Å². The third kappa shape index (κ3) is 7.87. The van der Waals surface area contributed by atoms with Gasteiger partial charge < -0.3 is 18.9 Å². The van der Waals surface area contributed by atoms with Gasteiger partial charge in [0.05, 0.1) is 30.3 Å². The fourth-order valence-corrected chi connectivity index (χ4v) is 5.22. The zero-order valence-corrected chi connectivity index (χ0v) is 24.5. The van der Waals surface area contributed by atoms with Gasteiger partial charge in [-0.2, -0.15) is 0 Å². The van der Waals surface area contributed by atoms with Gasteiger partial charge in [-0.05, 0) is 70.3 Å². The molecule has 0 saturated heterocycles. The Morgan fingerprint density at radius 2 is 1.82 bits per heavy atom. The minimum Gasteiger partial charge on any atom is -0.488 e. The summed E-state index contributed by atoms with van der Waals surface area (Å²) in [7, 11) is 1.61. The fraction of sp³-hybridized carbons (Fsp3) is 0.393. The van der Waals surface area contributed by atoms with Gasteiger partial charge in [-0.1, -0.05) is 11.3 Å². The Morgan fingerprint density at radius 3 is 2.46 bits per heavy atom. The Kier molecular flexibility index (Phi) is 9.04. The molecule has 3 aromatic rings. The number of thiazole rings is 1. The quantitative estimate of drug-likeness (QED) is 0.288. The van der Waals surface area contributed by atoms with Crippen LogP contribution in [0.25, 0.3) is 0 Å². The zero-order valence-electron chi connectivity index (χ0n) is 22.9. The standard InChI is InChI=1S/C28H33N3O6S2/c1-17(16-34-5)35-20-11-18(12-21(13-20)36-19-7-9-22(38-6)10-8-19)25(32)30-26-29-23-14-31(15-24(23)39-26)27(33)37-28(2,3)4/h7-13,17H,14-16H2,1-6H3,(H,29,30,32). The topological polar surface area (TPSA) is 99.2 Å². The molecule has 0 radical (unpaired) electrons. The zero-order chi connectivity index (χ0) is 28.2. The van der Waals surface area contributed by atoms with Gasteiger partial charge >= 0.3 is 6.09 Å². The normalized spacial score (nSPS) is 13.5. The summed E-state index contributed by atoms with van der Waals surface area (Å²) in [5.41, 5.74) is 0.544. The van der Waals surface area contributed by atoms with Gasteiger partial charge in [-0.3, -0.25) is 15.0 Å². The van der Waals surface area contributed by atoms with E-state index >= 15 is 0 Å². The Balaban J connectivity index is 1.49. The molecule has 1 unspecified atom stereocenters. The van der Waals surface area contributed by atoms with Crippen LogP contribution in [0.2, 0.25) is 0 Å². The molecule has 0 bridgehead atoms. The maximum Gasteiger partial charge on any atom is 0.410 e. The van der Waals surface area contributed by atoms with E-state index in [1.807, 2.05) is 58.2 Å². The first-order valence-corrected chi connectivity index (χ1v) is 14.5. The maximum atomic E-state index is 13.3. The summed E-state index contributed by atoms with van der Waals surface area (Å²) in [5.74, 6) is 1.25. The summed E-state index contributed by atoms with van der Waals surface area (Å²) in [4.78, 5) is 33.8. The summed E-state index contributed by atoms with van der Waals surface area (Å²) < 4.78 is 22.7. The van der Waals surface area contributed by atoms with Crippen LogP contribution in [-0.4, -0.2) is 53.6 Å². The van der Waals surface area contributed by atoms with Crippen molar-refractivity contribution >= 4 is 40.2 Å². The lowest BCUT2D eigenvalue weighted by molar-refractivity contribution is 0.0241. The molecule has 0 spiro atoms. The molecule has 1 N–H and O–H groups in total. The highest BCUT2D eigenvalue weighted by atomic mass is 32.2. The van der Waals surface area contributed by atoms with Crippen molar-refractivity contribution in [3.8, 4) is 17.2 Å². The average Bonchev–Trinajstić information content (AvgIpc) is 3.42. The van der Waals surface area contributed by atoms with E-state index in [9.17, 15) is 9.59 Å². The monoisotopic (exact) mass is 571 g/mol. The molecule has 0 aliphatic carbocycles. The summed E-state index contributed by atoms with van der Waals surface area (Å²) >= 11 is 2.99. The summed E-state index contributed by atoms with van der Waals surface area (Å²) in [6.45, 7) is 8.51. The van der Waals surface area contributed by atoms with Crippen LogP contribution in [0.5, 0.6) is 17.2 Å². The van der Waals surface area contributed by atoms with Crippen LogP contribution < -0.4 is 14.8 Å². The van der Waals surface area contributed by atoms with Gasteiger partial charge in [0.1, 0.15) is 29.0 Å². The molecule has 39 heavy (non-hydrogen) atoms. The van der Waals surface area contributed by atoms with Gasteiger partial charge in [-0.15, -0.1) is 11.8 Å². The number of methoxy groups -OCH3 is 1. The Hall–Kier alpha value is -3.28. The number of rotatable bonds is 9. The van der Waals surface area contributed by atoms with Gasteiger partial charge in [0.25, 0.3) is 5.91 Å². The van der Waals surface area contributed by atoms with Crippen LogP contribution in [0.1, 0.15) is 48.6 Å². The van der Waals surface area contributed by atoms with E-state index in [2.05, 4.69) is 10.3 Å². The lowest BCUT2D eigenvalue weighted by atomic mass is 10.2. The number of carbonyl (C=O) groups excluding carboxylic acids is 2. The third-order valence-corrected chi connectivity index (χ3v) is 7.24. The molecule has 11 heteroatoms. The highest BCUT2D eigenvalue weighted by molar-refractivity contribution is 7.98. The number of carbonyl (C=O) groups is 2. The van der Waals surface area contributed by atoms with E-state index in [1.54, 1.807) is 42.0 Å². The molecule has 1 aliphatic rings. The lowest BCUT2D eigenvalue weighted by Crippen LogP contribution is -2.33. The molecule has 1 aliphatic heterocycles. The molecule has 208 valence electrons. The van der Waals surface area contributed by atoms with Crippen molar-refractivity contribution in [2.24, 2.45) is 0 Å². The molecule has 0 saturated carbocycles. The number of hydrogen-bond donors (Lipinski definition) is 1. The van der Waals surface area contributed by atoms with Crippen LogP contribution >= 0.6 is 23.1 Å². The van der Waals surface area contributed by atoms with Gasteiger partial charge in [0, 0.05) is 23.6 Å². The molecule has 9 nitrogen and oxygen atoms in total. The van der Waals surface area contributed by atoms with E-state index in [0.717, 1.165) is 15.5 Å². The van der Waals surface area contributed by atoms with Crippen LogP contribution in [-0.2, 0) is 22.6 Å². The van der Waals surface area contributed by atoms with Crippen LogP contribution in [0, 0.1) is 0 Å². The number of nitrogens with one attached hydrogen (secondary N) is 1. The second-order valence-corrected chi connectivity index (χ2v) is 12.0. The van der Waals surface area contributed by atoms with Crippen molar-refractivity contribution in [2.75, 3.05) is 25.3 Å². The van der Waals surface area contributed by atoms with E-state index in [4.69, 9.17) is 18.9 Å². The molecule has 1 aromatic heterocycles. The first kappa shape index (κ1) is 28.7. The van der Waals surface area contributed by atoms with E-state index in [1.165, 1.54) is 11.3 Å². The van der Waals surface area contributed by atoms with E-state index in [-0.39, 0.29) is 18.1 Å². The number of amides is 2. The van der Waals surface area contributed by atoms with Crippen LogP contribution in [0.15, 0.2) is 47.4 Å². The number of nitrogens with zero attached hydrogens (tertiary/aromatic N) is 2. The van der Waals surface area contributed by atoms with Gasteiger partial charge in [-0.25, -0.2) is 9.78 Å². The first-order chi connectivity index (χ1) is 18.5. The summed E-state index contributed by atoms with van der Waals surface area (Å²) in [5, 5.41) is 3.34. The minimum absolute atomic E-state index is 0.225. The molecule has 2 amide bonds. The third-order valence-electron chi connectivity index (χ3n) is 5.50. The number of anilines is 1. The average molecular weight is 572 g/mol. The molecule has 2 aromatic carbocycles. The smallest absolute Gasteiger partial charge is 0.410 e. The van der Waals surface area contributed by atoms with Crippen molar-refractivity contribution in [2.45, 2.75) is 57.4 Å². The van der Waals surface area contributed by atoms with Crippen molar-refractivity contribution < 1.29 is 28.5 Å². The fourth-order valence-electron chi connectivity index (χ4n) is 3.83. The molecule has 1 atom stereocenters. The summed E-state index contributed by atoms with van der Waals surface area (Å²) in [6, 6.07) is 12.8. The summed E-state index contributed by atoms with van der Waals surface area (Å²) in [6.07, 6.45) is 1.40. The number of fused-ring (bicyclic) bond motifs is 1. The Bertz CT molecular complexity index is 1300. The largest absolute Gasteiger partial charge is 0.488 e. The van der Waals surface area contributed by atoms with Crippen molar-refractivity contribution in [1.29, 1.82) is 0 Å². The molecule has 2 heterocycles. The molecule has 0 fully saturated rings. The second kappa shape index (κ2) is 12.3. The SMILES string of the molecule is COCC(C)Oc1cc(Oc2ccc(SC)cc2)cc(C(=O)Nc2nc3c(s2)CN(C(=O)OC(C)(C)C)C3)c1. The number of ether oxygens (including phenoxy) is 4. The van der Waals surface area contributed by atoms with Gasteiger partial charge in [0.2, 0.25) is 0 Å². The van der Waals surface area contributed by atoms with Crippen molar-refractivity contribution in [1.82, 2.24) is 9.88 Å². The number of aromatic nitrogens is 1. The maximum absolute atomic E-state index is 13.3. The van der Waals surface area contributed by atoms with Crippen molar-refractivity contribution in [3.63, 3.8) is 0 Å². The van der Waals surface area contributed by atoms with E-state index < -0.39 is 5.60 Å². The van der Waals surface area contributed by atoms with E-state index in [0.29, 0.717) is 47.6 Å².